The van der Waals surface area contributed by atoms with Gasteiger partial charge in [-0.2, -0.15) is 0 Å². The molecule has 0 heterocycles. The highest BCUT2D eigenvalue weighted by molar-refractivity contribution is 5.81. The van der Waals surface area contributed by atoms with Crippen LogP contribution in [0.25, 0.3) is 0 Å². The molecule has 2 N–H and O–H groups in total. The van der Waals surface area contributed by atoms with Crippen LogP contribution in [-0.4, -0.2) is 35.1 Å². The van der Waals surface area contributed by atoms with Gasteiger partial charge in [0.25, 0.3) is 0 Å². The molecule has 0 aliphatic heterocycles. The van der Waals surface area contributed by atoms with Crippen molar-refractivity contribution in [3.63, 3.8) is 0 Å². The molecule has 6 rings (SSSR count). The van der Waals surface area contributed by atoms with Crippen molar-refractivity contribution < 1.29 is 24.2 Å². The fourth-order valence-corrected chi connectivity index (χ4v) is 13.2. The molecule has 6 saturated carbocycles. The van der Waals surface area contributed by atoms with Crippen LogP contribution >= 0.6 is 0 Å². The lowest BCUT2D eigenvalue weighted by molar-refractivity contribution is -0.250. The SMILES string of the molecule is C=C(C)[C@@H]1CC[C@]2(CC(=O)NC3CC3)CC[C@]3(C)[C@H](CCC4[C@@]5(C)CC[C@H](OC(=O)CC(C)(C)C(=O)O)C(C)(C)C5CC[C@]43C)[C@@H]12. The van der Waals surface area contributed by atoms with Crippen LogP contribution in [0.5, 0.6) is 0 Å². The van der Waals surface area contributed by atoms with Crippen LogP contribution in [0.4, 0.5) is 0 Å². The number of hydrogen-bond donors (Lipinski definition) is 2. The Hall–Kier alpha value is -1.85. The minimum absolute atomic E-state index is 0.104. The minimum atomic E-state index is -1.13. The van der Waals surface area contributed by atoms with Crippen molar-refractivity contribution in [2.75, 3.05) is 0 Å². The smallest absolute Gasteiger partial charge is 0.309 e. The van der Waals surface area contributed by atoms with E-state index in [1.54, 1.807) is 13.8 Å². The normalized spacial score (nSPS) is 44.5. The Bertz CT molecular complexity index is 1280. The van der Waals surface area contributed by atoms with E-state index in [9.17, 15) is 19.5 Å². The molecule has 0 spiro atoms. The summed E-state index contributed by atoms with van der Waals surface area (Å²) in [6.45, 7) is 22.5. The molecule has 6 nitrogen and oxygen atoms in total. The quantitative estimate of drug-likeness (QED) is 0.205. The van der Waals surface area contributed by atoms with Crippen molar-refractivity contribution in [3.8, 4) is 0 Å². The van der Waals surface area contributed by atoms with E-state index in [0.29, 0.717) is 42.1 Å². The number of nitrogens with one attached hydrogen (secondary N) is 1. The topological polar surface area (TPSA) is 92.7 Å². The molecule has 0 radical (unpaired) electrons. The van der Waals surface area contributed by atoms with Crippen molar-refractivity contribution in [2.45, 2.75) is 157 Å². The second kappa shape index (κ2) is 11.1. The second-order valence-corrected chi connectivity index (χ2v) is 19.3. The van der Waals surface area contributed by atoms with Crippen LogP contribution in [0.3, 0.4) is 0 Å². The van der Waals surface area contributed by atoms with Gasteiger partial charge in [0.2, 0.25) is 5.91 Å². The van der Waals surface area contributed by atoms with E-state index in [2.05, 4.69) is 53.4 Å². The Morgan fingerprint density at radius 2 is 1.54 bits per heavy atom. The van der Waals surface area contributed by atoms with Crippen LogP contribution in [0.2, 0.25) is 0 Å². The van der Waals surface area contributed by atoms with E-state index in [-0.39, 0.29) is 51.5 Å². The van der Waals surface area contributed by atoms with E-state index in [0.717, 1.165) is 44.9 Å². The van der Waals surface area contributed by atoms with Crippen LogP contribution in [-0.2, 0) is 19.1 Å². The Kier molecular flexibility index (Phi) is 8.20. The monoisotopic (exact) mass is 637 g/mol. The average molecular weight is 638 g/mol. The van der Waals surface area contributed by atoms with Gasteiger partial charge in [-0.3, -0.25) is 14.4 Å². The van der Waals surface area contributed by atoms with Crippen molar-refractivity contribution in [2.24, 2.45) is 62.1 Å². The first kappa shape index (κ1) is 34.0. The number of ether oxygens (including phenoxy) is 1. The number of carboxylic acids is 1. The highest BCUT2D eigenvalue weighted by atomic mass is 16.5. The number of carbonyl (C=O) groups excluding carboxylic acids is 2. The molecule has 10 atom stereocenters. The zero-order valence-electron chi connectivity index (χ0n) is 30.2. The summed E-state index contributed by atoms with van der Waals surface area (Å²) in [4.78, 5) is 38.1. The van der Waals surface area contributed by atoms with Crippen LogP contribution in [0.15, 0.2) is 12.2 Å². The summed E-state index contributed by atoms with van der Waals surface area (Å²) in [5, 5.41) is 12.9. The molecule has 6 aliphatic rings. The second-order valence-electron chi connectivity index (χ2n) is 19.3. The maximum Gasteiger partial charge on any atom is 0.309 e. The summed E-state index contributed by atoms with van der Waals surface area (Å²) in [6, 6.07) is 0.416. The van der Waals surface area contributed by atoms with Crippen LogP contribution in [0, 0.1) is 62.1 Å². The molecule has 0 saturated heterocycles. The van der Waals surface area contributed by atoms with Gasteiger partial charge in [-0.25, -0.2) is 0 Å². The predicted molar refractivity (Wildman–Crippen MR) is 181 cm³/mol. The van der Waals surface area contributed by atoms with Crippen LogP contribution in [0.1, 0.15) is 145 Å². The van der Waals surface area contributed by atoms with E-state index in [1.807, 2.05) is 0 Å². The zero-order valence-corrected chi connectivity index (χ0v) is 30.2. The molecule has 2 unspecified atom stereocenters. The third-order valence-corrected chi connectivity index (χ3v) is 16.1. The van der Waals surface area contributed by atoms with Crippen molar-refractivity contribution >= 4 is 17.8 Å². The molecule has 6 fully saturated rings. The summed E-state index contributed by atoms with van der Waals surface area (Å²) >= 11 is 0. The molecular formula is C40H63NO5. The molecule has 258 valence electrons. The minimum Gasteiger partial charge on any atom is -0.481 e. The van der Waals surface area contributed by atoms with Gasteiger partial charge < -0.3 is 15.2 Å². The summed E-state index contributed by atoms with van der Waals surface area (Å²) < 4.78 is 6.16. The number of amides is 1. The Balaban J connectivity index is 1.25. The Morgan fingerprint density at radius 1 is 0.848 bits per heavy atom. The molecular weight excluding hydrogens is 574 g/mol. The number of aliphatic carboxylic acids is 1. The van der Waals surface area contributed by atoms with E-state index < -0.39 is 11.4 Å². The first-order chi connectivity index (χ1) is 21.3. The standard InChI is InChI=1S/C40H63NO5/c1-24(2)26-14-19-40(22-31(42)41-25-10-11-25)21-20-38(8)27(33(26)40)12-13-29-37(7)17-16-30(46-32(43)23-35(3,4)34(44)45)36(5,6)28(37)15-18-39(29,38)9/h25-30,33H,1,10-23H2,2-9H3,(H,41,42)(H,44,45)/t26-,27+,28?,29?,30-,33+,37-,38+,39+,40+/m0/s1. The molecule has 46 heavy (non-hydrogen) atoms. The number of fused-ring (bicyclic) bond motifs is 7. The number of carbonyl (C=O) groups is 3. The largest absolute Gasteiger partial charge is 0.481 e. The summed E-state index contributed by atoms with van der Waals surface area (Å²) in [6.07, 6.45) is 14.1. The van der Waals surface area contributed by atoms with Crippen molar-refractivity contribution in [1.29, 1.82) is 0 Å². The molecule has 6 heteroatoms. The Morgan fingerprint density at radius 3 is 2.17 bits per heavy atom. The van der Waals surface area contributed by atoms with E-state index >= 15 is 0 Å². The number of rotatable bonds is 8. The zero-order chi connectivity index (χ0) is 33.7. The van der Waals surface area contributed by atoms with Gasteiger partial charge in [-0.05, 0) is 149 Å². The fourth-order valence-electron chi connectivity index (χ4n) is 13.2. The highest BCUT2D eigenvalue weighted by Gasteiger charge is 2.71. The summed E-state index contributed by atoms with van der Waals surface area (Å²) in [7, 11) is 0. The van der Waals surface area contributed by atoms with Gasteiger partial charge >= 0.3 is 11.9 Å². The highest BCUT2D eigenvalue weighted by Crippen LogP contribution is 2.78. The van der Waals surface area contributed by atoms with Crippen molar-refractivity contribution in [3.05, 3.63) is 12.2 Å². The fraction of sp³-hybridized carbons (Fsp3) is 0.875. The molecule has 6 aliphatic carbocycles. The van der Waals surface area contributed by atoms with Gasteiger partial charge in [-0.15, -0.1) is 0 Å². The number of allylic oxidation sites excluding steroid dienone is 1. The third kappa shape index (κ3) is 5.11. The lowest BCUT2D eigenvalue weighted by Gasteiger charge is -2.73. The average Bonchev–Trinajstić information content (AvgIpc) is 3.67. The van der Waals surface area contributed by atoms with E-state index in [4.69, 9.17) is 4.74 Å². The molecule has 0 bridgehead atoms. The lowest BCUT2D eigenvalue weighted by Crippen LogP contribution is -2.67. The van der Waals surface area contributed by atoms with Gasteiger partial charge in [0.15, 0.2) is 0 Å². The van der Waals surface area contributed by atoms with Crippen molar-refractivity contribution in [1.82, 2.24) is 5.32 Å². The summed E-state index contributed by atoms with van der Waals surface area (Å²) in [5.74, 6) is 1.66. The number of hydrogen-bond acceptors (Lipinski definition) is 4. The Labute approximate surface area is 278 Å². The maximum absolute atomic E-state index is 13.4. The number of esters is 1. The molecule has 1 amide bonds. The van der Waals surface area contributed by atoms with Gasteiger partial charge in [0.1, 0.15) is 6.10 Å². The third-order valence-electron chi connectivity index (χ3n) is 16.1. The lowest BCUT2D eigenvalue weighted by atomic mass is 9.32. The number of carboxylic acid groups (broad SMARTS) is 1. The molecule has 0 aromatic carbocycles. The van der Waals surface area contributed by atoms with Gasteiger partial charge in [-0.1, -0.05) is 46.8 Å². The first-order valence-corrected chi connectivity index (χ1v) is 18.7. The predicted octanol–water partition coefficient (Wildman–Crippen LogP) is 8.73. The molecule has 0 aromatic rings. The van der Waals surface area contributed by atoms with E-state index in [1.165, 1.54) is 37.7 Å². The first-order valence-electron chi connectivity index (χ1n) is 18.7. The molecule has 0 aromatic heterocycles. The summed E-state index contributed by atoms with van der Waals surface area (Å²) in [5.41, 5.74) is 0.721. The van der Waals surface area contributed by atoms with Gasteiger partial charge in [0, 0.05) is 17.9 Å². The van der Waals surface area contributed by atoms with Crippen LogP contribution < -0.4 is 5.32 Å². The maximum atomic E-state index is 13.4. The van der Waals surface area contributed by atoms with Gasteiger partial charge in [0.05, 0.1) is 11.8 Å².